The van der Waals surface area contributed by atoms with Gasteiger partial charge in [0, 0.05) is 24.5 Å². The summed E-state index contributed by atoms with van der Waals surface area (Å²) in [6, 6.07) is 10.3. The molecule has 2 N–H and O–H groups in total. The largest absolute Gasteiger partial charge is 0.367 e. The second kappa shape index (κ2) is 5.48. The normalized spacial score (nSPS) is 17.1. The van der Waals surface area contributed by atoms with Gasteiger partial charge in [-0.25, -0.2) is 0 Å². The van der Waals surface area contributed by atoms with Gasteiger partial charge in [0.1, 0.15) is 0 Å². The number of halogens is 1. The number of rotatable bonds is 2. The molecule has 0 amide bonds. The number of aromatic nitrogens is 1. The number of nitrogens with zero attached hydrogens (tertiary/aromatic N) is 1. The van der Waals surface area contributed by atoms with Crippen LogP contribution in [0.2, 0.25) is 0 Å². The van der Waals surface area contributed by atoms with Gasteiger partial charge in [0.25, 0.3) is 0 Å². The van der Waals surface area contributed by atoms with Gasteiger partial charge in [-0.05, 0) is 22.8 Å². The Morgan fingerprint density at radius 2 is 2.17 bits per heavy atom. The van der Waals surface area contributed by atoms with Crippen molar-refractivity contribution in [2.45, 2.75) is 12.7 Å². The first-order valence-electron chi connectivity index (χ1n) is 5.74. The highest BCUT2D eigenvalue weighted by Gasteiger charge is 2.24. The van der Waals surface area contributed by atoms with Crippen molar-refractivity contribution in [1.82, 2.24) is 4.98 Å². The SMILES string of the molecule is Cl.NCC1OCc2c(-c3cccnc3)cccc21. The third-order valence-electron chi connectivity index (χ3n) is 3.17. The lowest BCUT2D eigenvalue weighted by atomic mass is 9.96. The number of benzene rings is 1. The van der Waals surface area contributed by atoms with Crippen molar-refractivity contribution < 1.29 is 4.74 Å². The molecule has 94 valence electrons. The third-order valence-corrected chi connectivity index (χ3v) is 3.17. The van der Waals surface area contributed by atoms with Crippen molar-refractivity contribution in [3.8, 4) is 11.1 Å². The summed E-state index contributed by atoms with van der Waals surface area (Å²) < 4.78 is 5.69. The van der Waals surface area contributed by atoms with E-state index in [9.17, 15) is 0 Å². The van der Waals surface area contributed by atoms with Gasteiger partial charge in [-0.3, -0.25) is 4.98 Å². The molecule has 0 spiro atoms. The van der Waals surface area contributed by atoms with Gasteiger partial charge in [-0.15, -0.1) is 12.4 Å². The molecule has 1 aromatic heterocycles. The quantitative estimate of drug-likeness (QED) is 0.905. The molecule has 3 rings (SSSR count). The topological polar surface area (TPSA) is 48.1 Å². The minimum absolute atomic E-state index is 0. The molecule has 0 radical (unpaired) electrons. The fraction of sp³-hybridized carbons (Fsp3) is 0.214. The van der Waals surface area contributed by atoms with Gasteiger partial charge in [0.15, 0.2) is 0 Å². The summed E-state index contributed by atoms with van der Waals surface area (Å²) in [7, 11) is 0. The molecule has 1 unspecified atom stereocenters. The highest BCUT2D eigenvalue weighted by atomic mass is 35.5. The van der Waals surface area contributed by atoms with Crippen LogP contribution in [-0.4, -0.2) is 11.5 Å². The van der Waals surface area contributed by atoms with Crippen LogP contribution >= 0.6 is 12.4 Å². The van der Waals surface area contributed by atoms with Gasteiger partial charge in [0.2, 0.25) is 0 Å². The molecule has 3 nitrogen and oxygen atoms in total. The number of hydrogen-bond acceptors (Lipinski definition) is 3. The van der Waals surface area contributed by atoms with E-state index in [0.29, 0.717) is 13.2 Å². The standard InChI is InChI=1S/C14H14N2O.ClH/c15-7-14-12-5-1-4-11(13(12)9-17-14)10-3-2-6-16-8-10;/h1-6,8,14H,7,9,15H2;1H. The highest BCUT2D eigenvalue weighted by molar-refractivity contribution is 5.85. The number of fused-ring (bicyclic) bond motifs is 1. The number of ether oxygens (including phenoxy) is 1. The summed E-state index contributed by atoms with van der Waals surface area (Å²) in [4.78, 5) is 4.16. The van der Waals surface area contributed by atoms with Gasteiger partial charge in [-0.1, -0.05) is 24.3 Å². The van der Waals surface area contributed by atoms with Crippen LogP contribution in [0.1, 0.15) is 17.2 Å². The van der Waals surface area contributed by atoms with E-state index < -0.39 is 0 Å². The summed E-state index contributed by atoms with van der Waals surface area (Å²) in [5.41, 5.74) is 10.5. The van der Waals surface area contributed by atoms with Gasteiger partial charge >= 0.3 is 0 Å². The molecule has 1 atom stereocenters. The molecule has 0 fully saturated rings. The van der Waals surface area contributed by atoms with Crippen LogP contribution in [0, 0.1) is 0 Å². The lowest BCUT2D eigenvalue weighted by Crippen LogP contribution is -2.10. The van der Waals surface area contributed by atoms with Crippen LogP contribution in [0.4, 0.5) is 0 Å². The minimum Gasteiger partial charge on any atom is -0.367 e. The smallest absolute Gasteiger partial charge is 0.0955 e. The second-order valence-corrected chi connectivity index (χ2v) is 4.15. The Kier molecular flexibility index (Phi) is 3.97. The van der Waals surface area contributed by atoms with Crippen molar-refractivity contribution in [3.05, 3.63) is 53.9 Å². The van der Waals surface area contributed by atoms with Crippen molar-refractivity contribution in [2.75, 3.05) is 6.54 Å². The first kappa shape index (κ1) is 13.0. The van der Waals surface area contributed by atoms with E-state index in [1.807, 2.05) is 12.3 Å². The zero-order valence-electron chi connectivity index (χ0n) is 9.87. The number of pyridine rings is 1. The fourth-order valence-corrected chi connectivity index (χ4v) is 2.33. The molecule has 1 aliphatic rings. The second-order valence-electron chi connectivity index (χ2n) is 4.15. The Balaban J connectivity index is 0.00000120. The lowest BCUT2D eigenvalue weighted by molar-refractivity contribution is 0.0725. The third kappa shape index (κ3) is 2.12. The Morgan fingerprint density at radius 1 is 1.28 bits per heavy atom. The van der Waals surface area contributed by atoms with Gasteiger partial charge in [-0.2, -0.15) is 0 Å². The monoisotopic (exact) mass is 262 g/mol. The fourth-order valence-electron chi connectivity index (χ4n) is 2.33. The van der Waals surface area contributed by atoms with Crippen LogP contribution in [0.5, 0.6) is 0 Å². The van der Waals surface area contributed by atoms with Gasteiger partial charge in [0.05, 0.1) is 12.7 Å². The number of hydrogen-bond donors (Lipinski definition) is 1. The van der Waals surface area contributed by atoms with E-state index in [1.54, 1.807) is 6.20 Å². The maximum absolute atomic E-state index is 5.70. The zero-order valence-corrected chi connectivity index (χ0v) is 10.7. The Labute approximate surface area is 112 Å². The van der Waals surface area contributed by atoms with Crippen LogP contribution in [0.15, 0.2) is 42.7 Å². The van der Waals surface area contributed by atoms with E-state index >= 15 is 0 Å². The molecule has 4 heteroatoms. The van der Waals surface area contributed by atoms with E-state index in [2.05, 4.69) is 29.2 Å². The Hall–Kier alpha value is -1.42. The van der Waals surface area contributed by atoms with E-state index in [0.717, 1.165) is 5.56 Å². The molecule has 0 saturated carbocycles. The molecule has 18 heavy (non-hydrogen) atoms. The molecule has 2 heterocycles. The first-order valence-corrected chi connectivity index (χ1v) is 5.74. The van der Waals surface area contributed by atoms with Crippen LogP contribution in [0.3, 0.4) is 0 Å². The van der Waals surface area contributed by atoms with E-state index in [1.165, 1.54) is 16.7 Å². The lowest BCUT2D eigenvalue weighted by Gasteiger charge is -2.09. The van der Waals surface area contributed by atoms with Crippen molar-refractivity contribution in [3.63, 3.8) is 0 Å². The van der Waals surface area contributed by atoms with Crippen LogP contribution in [-0.2, 0) is 11.3 Å². The average Bonchev–Trinajstić information content (AvgIpc) is 2.82. The number of nitrogens with two attached hydrogens (primary N) is 1. The summed E-state index contributed by atoms with van der Waals surface area (Å²) in [5, 5.41) is 0. The maximum atomic E-state index is 5.70. The van der Waals surface area contributed by atoms with E-state index in [4.69, 9.17) is 10.5 Å². The molecule has 0 bridgehead atoms. The predicted octanol–water partition coefficient (Wildman–Crippen LogP) is 2.70. The molecule has 1 aromatic carbocycles. The highest BCUT2D eigenvalue weighted by Crippen LogP contribution is 2.36. The molecule has 2 aromatic rings. The molecule has 1 aliphatic heterocycles. The van der Waals surface area contributed by atoms with Crippen LogP contribution in [0.25, 0.3) is 11.1 Å². The van der Waals surface area contributed by atoms with Crippen molar-refractivity contribution in [1.29, 1.82) is 0 Å². The average molecular weight is 263 g/mol. The minimum atomic E-state index is 0. The first-order chi connectivity index (χ1) is 8.40. The molecular formula is C14H15ClN2O. The predicted molar refractivity (Wildman–Crippen MR) is 73.5 cm³/mol. The van der Waals surface area contributed by atoms with Gasteiger partial charge < -0.3 is 10.5 Å². The molecule has 0 saturated heterocycles. The zero-order chi connectivity index (χ0) is 11.7. The Morgan fingerprint density at radius 3 is 2.89 bits per heavy atom. The van der Waals surface area contributed by atoms with E-state index in [-0.39, 0.29) is 18.5 Å². The molecular weight excluding hydrogens is 248 g/mol. The Bertz CT molecular complexity index is 531. The van der Waals surface area contributed by atoms with Crippen molar-refractivity contribution in [2.24, 2.45) is 5.73 Å². The maximum Gasteiger partial charge on any atom is 0.0955 e. The summed E-state index contributed by atoms with van der Waals surface area (Å²) in [6.45, 7) is 1.17. The summed E-state index contributed by atoms with van der Waals surface area (Å²) in [5.74, 6) is 0. The summed E-state index contributed by atoms with van der Waals surface area (Å²) in [6.07, 6.45) is 3.71. The summed E-state index contributed by atoms with van der Waals surface area (Å²) >= 11 is 0. The van der Waals surface area contributed by atoms with Crippen LogP contribution < -0.4 is 5.73 Å². The van der Waals surface area contributed by atoms with Crippen molar-refractivity contribution >= 4 is 12.4 Å². The molecule has 0 aliphatic carbocycles.